The highest BCUT2D eigenvalue weighted by Crippen LogP contribution is 2.44. The number of ether oxygens (including phenoxy) is 1. The Morgan fingerprint density at radius 3 is 2.26 bits per heavy atom. The quantitative estimate of drug-likeness (QED) is 0.596. The number of hydrogen-bond acceptors (Lipinski definition) is 4. The molecule has 0 spiro atoms. The van der Waals surface area contributed by atoms with Crippen LogP contribution in [-0.2, 0) is 14.3 Å². The number of carboxylic acids is 1. The Kier molecular flexibility index (Phi) is 6.88. The lowest BCUT2D eigenvalue weighted by Crippen LogP contribution is -2.61. The summed E-state index contributed by atoms with van der Waals surface area (Å²) in [5.74, 6) is -1.28. The Morgan fingerprint density at radius 1 is 1.09 bits per heavy atom. The van der Waals surface area contributed by atoms with Crippen LogP contribution < -0.4 is 5.32 Å². The second kappa shape index (κ2) is 9.72. The van der Waals surface area contributed by atoms with E-state index < -0.39 is 23.0 Å². The maximum Gasteiger partial charge on any atom is 0.407 e. The standard InChI is InChI=1S/C28H34N2O5/c1-4-27(2,24(31)30-16-10-9-15-28(30,3)25(32)33)18-29-26(34)35-17-23-21-13-7-5-11-19(21)20-12-6-8-14-22(20)23/h5-8,11-14,23H,4,9-10,15-18H2,1-3H3,(H,29,34)(H,32,33). The summed E-state index contributed by atoms with van der Waals surface area (Å²) in [7, 11) is 0. The Hall–Kier alpha value is -3.35. The molecule has 1 aliphatic heterocycles. The van der Waals surface area contributed by atoms with Crippen LogP contribution in [-0.4, -0.2) is 53.2 Å². The summed E-state index contributed by atoms with van der Waals surface area (Å²) in [6.07, 6.45) is 1.84. The fourth-order valence-corrected chi connectivity index (χ4v) is 5.26. The third-order valence-corrected chi connectivity index (χ3v) is 7.86. The molecule has 2 aromatic rings. The Balaban J connectivity index is 1.40. The van der Waals surface area contributed by atoms with Gasteiger partial charge in [-0.05, 0) is 61.8 Å². The molecule has 1 saturated heterocycles. The lowest BCUT2D eigenvalue weighted by Gasteiger charge is -2.45. The van der Waals surface area contributed by atoms with Crippen molar-refractivity contribution in [3.63, 3.8) is 0 Å². The number of carbonyl (C=O) groups is 3. The zero-order valence-electron chi connectivity index (χ0n) is 20.7. The van der Waals surface area contributed by atoms with Gasteiger partial charge >= 0.3 is 12.1 Å². The highest BCUT2D eigenvalue weighted by molar-refractivity contribution is 5.90. The normalized spacial score (nSPS) is 20.9. The van der Waals surface area contributed by atoms with E-state index >= 15 is 0 Å². The number of aliphatic carboxylic acids is 1. The number of hydrogen-bond donors (Lipinski definition) is 2. The van der Waals surface area contributed by atoms with Crippen LogP contribution in [0.3, 0.4) is 0 Å². The van der Waals surface area contributed by atoms with E-state index in [2.05, 4.69) is 29.6 Å². The molecular formula is C28H34N2O5. The van der Waals surface area contributed by atoms with Crippen molar-refractivity contribution < 1.29 is 24.2 Å². The minimum atomic E-state index is -1.23. The summed E-state index contributed by atoms with van der Waals surface area (Å²) in [5, 5.41) is 12.6. The molecule has 2 N–H and O–H groups in total. The summed E-state index contributed by atoms with van der Waals surface area (Å²) in [6, 6.07) is 16.3. The third kappa shape index (κ3) is 4.51. The highest BCUT2D eigenvalue weighted by atomic mass is 16.5. The average molecular weight is 479 g/mol. The number of benzene rings is 2. The number of carbonyl (C=O) groups excluding carboxylic acids is 2. The summed E-state index contributed by atoms with van der Waals surface area (Å²) < 4.78 is 5.61. The van der Waals surface area contributed by atoms with E-state index in [1.165, 1.54) is 4.90 Å². The van der Waals surface area contributed by atoms with Crippen LogP contribution in [0, 0.1) is 5.41 Å². The van der Waals surface area contributed by atoms with Crippen molar-refractivity contribution in [3.8, 4) is 11.1 Å². The van der Waals surface area contributed by atoms with Gasteiger partial charge in [0.2, 0.25) is 5.91 Å². The SMILES string of the molecule is CCC(C)(CNC(=O)OCC1c2ccccc2-c2ccccc21)C(=O)N1CCCCC1(C)C(=O)O. The molecule has 7 heteroatoms. The number of amides is 2. The van der Waals surface area contributed by atoms with Crippen molar-refractivity contribution in [2.45, 2.75) is 57.9 Å². The largest absolute Gasteiger partial charge is 0.480 e. The summed E-state index contributed by atoms with van der Waals surface area (Å²) in [4.78, 5) is 39.6. The van der Waals surface area contributed by atoms with E-state index in [1.807, 2.05) is 31.2 Å². The van der Waals surface area contributed by atoms with Crippen LogP contribution in [0.4, 0.5) is 4.79 Å². The Labute approximate surface area is 206 Å². The predicted octanol–water partition coefficient (Wildman–Crippen LogP) is 4.80. The van der Waals surface area contributed by atoms with Gasteiger partial charge in [0, 0.05) is 19.0 Å². The first-order valence-electron chi connectivity index (χ1n) is 12.4. The predicted molar refractivity (Wildman–Crippen MR) is 133 cm³/mol. The molecule has 4 rings (SSSR count). The van der Waals surface area contributed by atoms with Crippen molar-refractivity contribution >= 4 is 18.0 Å². The summed E-state index contributed by atoms with van der Waals surface area (Å²) >= 11 is 0. The number of likely N-dealkylation sites (tertiary alicyclic amines) is 1. The smallest absolute Gasteiger partial charge is 0.407 e. The van der Waals surface area contributed by atoms with Gasteiger partial charge in [-0.15, -0.1) is 0 Å². The molecule has 35 heavy (non-hydrogen) atoms. The first kappa shape index (κ1) is 24.8. The lowest BCUT2D eigenvalue weighted by molar-refractivity contribution is -0.165. The first-order valence-corrected chi connectivity index (χ1v) is 12.4. The summed E-state index contributed by atoms with van der Waals surface area (Å²) in [5.41, 5.74) is 2.42. The minimum Gasteiger partial charge on any atom is -0.480 e. The number of carboxylic acid groups (broad SMARTS) is 1. The van der Waals surface area contributed by atoms with E-state index in [9.17, 15) is 19.5 Å². The molecule has 2 unspecified atom stereocenters. The molecule has 2 atom stereocenters. The molecule has 186 valence electrons. The van der Waals surface area contributed by atoms with Gasteiger partial charge in [0.05, 0.1) is 5.41 Å². The monoisotopic (exact) mass is 478 g/mol. The van der Waals surface area contributed by atoms with Crippen molar-refractivity contribution in [2.75, 3.05) is 19.7 Å². The van der Waals surface area contributed by atoms with Crippen LogP contribution in [0.15, 0.2) is 48.5 Å². The fraction of sp³-hybridized carbons (Fsp3) is 0.464. The molecule has 2 aliphatic rings. The molecule has 7 nitrogen and oxygen atoms in total. The Morgan fingerprint density at radius 2 is 1.69 bits per heavy atom. The van der Waals surface area contributed by atoms with Crippen molar-refractivity contribution in [1.29, 1.82) is 0 Å². The first-order chi connectivity index (χ1) is 16.7. The maximum atomic E-state index is 13.5. The van der Waals surface area contributed by atoms with Crippen LogP contribution in [0.5, 0.6) is 0 Å². The molecule has 2 amide bonds. The average Bonchev–Trinajstić information content (AvgIpc) is 3.19. The van der Waals surface area contributed by atoms with E-state index in [1.54, 1.807) is 13.8 Å². The molecule has 0 bridgehead atoms. The van der Waals surface area contributed by atoms with Gasteiger partial charge in [-0.1, -0.05) is 55.5 Å². The number of fused-ring (bicyclic) bond motifs is 3. The van der Waals surface area contributed by atoms with Crippen LogP contribution in [0.2, 0.25) is 0 Å². The third-order valence-electron chi connectivity index (χ3n) is 7.86. The second-order valence-corrected chi connectivity index (χ2v) is 10.1. The molecule has 1 aliphatic carbocycles. The van der Waals surface area contributed by atoms with E-state index in [0.717, 1.165) is 35.1 Å². The zero-order valence-corrected chi connectivity index (χ0v) is 20.7. The van der Waals surface area contributed by atoms with Gasteiger partial charge in [-0.25, -0.2) is 9.59 Å². The second-order valence-electron chi connectivity index (χ2n) is 10.1. The maximum absolute atomic E-state index is 13.5. The van der Waals surface area contributed by atoms with E-state index in [-0.39, 0.29) is 25.0 Å². The molecule has 1 fully saturated rings. The molecular weight excluding hydrogens is 444 g/mol. The number of rotatable bonds is 7. The molecule has 2 aromatic carbocycles. The van der Waals surface area contributed by atoms with Crippen molar-refractivity contribution in [3.05, 3.63) is 59.7 Å². The van der Waals surface area contributed by atoms with E-state index in [4.69, 9.17) is 4.74 Å². The number of nitrogens with zero attached hydrogens (tertiary/aromatic N) is 1. The zero-order chi connectivity index (χ0) is 25.2. The van der Waals surface area contributed by atoms with Gasteiger partial charge in [0.15, 0.2) is 0 Å². The van der Waals surface area contributed by atoms with Crippen LogP contribution in [0.1, 0.15) is 63.5 Å². The van der Waals surface area contributed by atoms with Gasteiger partial charge in [0.1, 0.15) is 12.1 Å². The fourth-order valence-electron chi connectivity index (χ4n) is 5.26. The molecule has 0 saturated carbocycles. The van der Waals surface area contributed by atoms with Crippen molar-refractivity contribution in [1.82, 2.24) is 10.2 Å². The van der Waals surface area contributed by atoms with E-state index in [0.29, 0.717) is 19.4 Å². The molecule has 0 aromatic heterocycles. The molecule has 1 heterocycles. The lowest BCUT2D eigenvalue weighted by atomic mass is 9.81. The van der Waals surface area contributed by atoms with Gasteiger partial charge in [-0.2, -0.15) is 0 Å². The highest BCUT2D eigenvalue weighted by Gasteiger charge is 2.48. The van der Waals surface area contributed by atoms with Crippen LogP contribution >= 0.6 is 0 Å². The minimum absolute atomic E-state index is 0.0445. The van der Waals surface area contributed by atoms with Crippen LogP contribution in [0.25, 0.3) is 11.1 Å². The van der Waals surface area contributed by atoms with Gasteiger partial charge in [0.25, 0.3) is 0 Å². The number of piperidine rings is 1. The number of alkyl carbamates (subject to hydrolysis) is 1. The van der Waals surface area contributed by atoms with Gasteiger partial charge < -0.3 is 20.1 Å². The van der Waals surface area contributed by atoms with Crippen molar-refractivity contribution in [2.24, 2.45) is 5.41 Å². The summed E-state index contributed by atoms with van der Waals surface area (Å²) in [6.45, 7) is 5.93. The Bertz CT molecular complexity index is 1090. The number of nitrogens with one attached hydrogen (secondary N) is 1. The topological polar surface area (TPSA) is 95.9 Å². The molecule has 0 radical (unpaired) electrons. The van der Waals surface area contributed by atoms with Gasteiger partial charge in [-0.3, -0.25) is 4.79 Å².